The van der Waals surface area contributed by atoms with Crippen LogP contribution in [0, 0.1) is 5.92 Å². The summed E-state index contributed by atoms with van der Waals surface area (Å²) < 4.78 is 6.21. The van der Waals surface area contributed by atoms with Crippen LogP contribution in [-0.4, -0.2) is 90.6 Å². The third-order valence-corrected chi connectivity index (χ3v) is 9.06. The maximum absolute atomic E-state index is 6.33. The van der Waals surface area contributed by atoms with E-state index in [0.717, 1.165) is 74.5 Å². The molecule has 10 heteroatoms. The molecule has 0 unspecified atom stereocenters. The summed E-state index contributed by atoms with van der Waals surface area (Å²) in [6.07, 6.45) is 7.37. The topological polar surface area (TPSA) is 57.6 Å². The first-order valence-corrected chi connectivity index (χ1v) is 16.8. The van der Waals surface area contributed by atoms with Crippen LogP contribution in [0.4, 0.5) is 5.95 Å². The minimum absolute atomic E-state index is 0.162. The number of pyridine rings is 1. The molecule has 7 nitrogen and oxygen atoms in total. The molecule has 1 aromatic carbocycles. The maximum atomic E-state index is 6.33. The Hall–Kier alpha value is -2.02. The Morgan fingerprint density at radius 2 is 1.56 bits per heavy atom. The maximum Gasteiger partial charge on any atom is 0.225 e. The number of hydrogen-bond acceptors (Lipinski definition) is 7. The Labute approximate surface area is 243 Å². The van der Waals surface area contributed by atoms with Gasteiger partial charge >= 0.3 is 0 Å². The van der Waals surface area contributed by atoms with Crippen LogP contribution in [0.2, 0.25) is 10.0 Å². The monoisotopic (exact) mass is 586 g/mol. The van der Waals surface area contributed by atoms with E-state index < -0.39 is 0 Å². The predicted molar refractivity (Wildman–Crippen MR) is 163 cm³/mol. The standard InChI is InChI=1S/C29H37Cl2N6OP/c1-35-8-10-37(11-9-35)29-32-17-26(18-33-29)38-28-13-22(19-36-6-4-21(5-7-36)20-39(2)3)12-27(34-28)23-14-24(30)16-25(31)15-23/h12-18,21H,4-11,19-20H2,1-3H3. The van der Waals surface area contributed by atoms with E-state index in [4.69, 9.17) is 32.9 Å². The van der Waals surface area contributed by atoms with Gasteiger partial charge in [-0.3, -0.25) is 4.90 Å². The summed E-state index contributed by atoms with van der Waals surface area (Å²) in [5, 5.41) is 1.16. The fourth-order valence-electron chi connectivity index (χ4n) is 5.31. The van der Waals surface area contributed by atoms with E-state index in [1.807, 2.05) is 18.2 Å². The smallest absolute Gasteiger partial charge is 0.225 e. The van der Waals surface area contributed by atoms with Crippen LogP contribution >= 0.6 is 31.1 Å². The molecular weight excluding hydrogens is 550 g/mol. The molecule has 39 heavy (non-hydrogen) atoms. The molecule has 208 valence electrons. The molecule has 0 saturated carbocycles. The quantitative estimate of drug-likeness (QED) is 0.285. The molecule has 3 aromatic rings. The molecule has 0 amide bonds. The van der Waals surface area contributed by atoms with E-state index in [1.54, 1.807) is 18.5 Å². The molecule has 0 N–H and O–H groups in total. The second kappa shape index (κ2) is 13.1. The number of benzene rings is 1. The van der Waals surface area contributed by atoms with Gasteiger partial charge in [0.25, 0.3) is 0 Å². The van der Waals surface area contributed by atoms with Gasteiger partial charge in [0.1, 0.15) is 0 Å². The third-order valence-electron chi connectivity index (χ3n) is 7.38. The van der Waals surface area contributed by atoms with Gasteiger partial charge in [-0.25, -0.2) is 15.0 Å². The van der Waals surface area contributed by atoms with Gasteiger partial charge in [-0.15, -0.1) is 7.92 Å². The minimum Gasteiger partial charge on any atom is -0.436 e. The number of halogens is 2. The van der Waals surface area contributed by atoms with Crippen molar-refractivity contribution in [3.8, 4) is 22.9 Å². The molecule has 2 aliphatic rings. The summed E-state index contributed by atoms with van der Waals surface area (Å²) in [4.78, 5) is 21.0. The Kier molecular flexibility index (Phi) is 9.57. The lowest BCUT2D eigenvalue weighted by Crippen LogP contribution is -2.45. The van der Waals surface area contributed by atoms with Crippen molar-refractivity contribution in [3.05, 3.63) is 58.3 Å². The van der Waals surface area contributed by atoms with E-state index in [0.29, 0.717) is 21.7 Å². The number of rotatable bonds is 8. The lowest BCUT2D eigenvalue weighted by Gasteiger charge is -2.32. The minimum atomic E-state index is 0.162. The fraction of sp³-hybridized carbons (Fsp3) is 0.483. The molecule has 5 rings (SSSR count). The Bertz CT molecular complexity index is 1220. The van der Waals surface area contributed by atoms with Crippen LogP contribution in [0.5, 0.6) is 11.6 Å². The molecule has 0 aliphatic carbocycles. The van der Waals surface area contributed by atoms with Crippen molar-refractivity contribution in [2.75, 3.05) is 70.7 Å². The zero-order valence-electron chi connectivity index (χ0n) is 23.0. The zero-order valence-corrected chi connectivity index (χ0v) is 25.4. The molecule has 0 radical (unpaired) electrons. The van der Waals surface area contributed by atoms with Gasteiger partial charge < -0.3 is 14.5 Å². The summed E-state index contributed by atoms with van der Waals surface area (Å²) in [5.74, 6) is 2.65. The number of aromatic nitrogens is 3. The van der Waals surface area contributed by atoms with Crippen LogP contribution in [0.3, 0.4) is 0 Å². The van der Waals surface area contributed by atoms with Crippen molar-refractivity contribution in [1.82, 2.24) is 24.8 Å². The van der Waals surface area contributed by atoms with Crippen LogP contribution in [0.15, 0.2) is 42.7 Å². The van der Waals surface area contributed by atoms with Crippen LogP contribution in [0.1, 0.15) is 18.4 Å². The first-order valence-electron chi connectivity index (χ1n) is 13.6. The Morgan fingerprint density at radius 3 is 2.21 bits per heavy atom. The van der Waals surface area contributed by atoms with E-state index in [2.05, 4.69) is 51.1 Å². The van der Waals surface area contributed by atoms with Crippen molar-refractivity contribution in [2.24, 2.45) is 5.92 Å². The van der Waals surface area contributed by atoms with E-state index >= 15 is 0 Å². The van der Waals surface area contributed by atoms with Crippen LogP contribution in [-0.2, 0) is 6.54 Å². The molecule has 2 saturated heterocycles. The zero-order chi connectivity index (χ0) is 27.4. The molecule has 0 spiro atoms. The van der Waals surface area contributed by atoms with Crippen LogP contribution < -0.4 is 9.64 Å². The summed E-state index contributed by atoms with van der Waals surface area (Å²) in [5.41, 5.74) is 2.78. The fourth-order valence-corrected chi connectivity index (χ4v) is 7.23. The lowest BCUT2D eigenvalue weighted by atomic mass is 9.98. The van der Waals surface area contributed by atoms with Crippen molar-refractivity contribution < 1.29 is 4.74 Å². The van der Waals surface area contributed by atoms with Gasteiger partial charge in [0.05, 0.1) is 18.1 Å². The van der Waals surface area contributed by atoms with E-state index in [9.17, 15) is 0 Å². The average molecular weight is 588 g/mol. The highest BCUT2D eigenvalue weighted by molar-refractivity contribution is 7.55. The first kappa shape index (κ1) is 28.5. The highest BCUT2D eigenvalue weighted by Gasteiger charge is 2.21. The van der Waals surface area contributed by atoms with Gasteiger partial charge in [-0.2, -0.15) is 0 Å². The number of likely N-dealkylation sites (tertiary alicyclic amines) is 1. The first-order chi connectivity index (χ1) is 18.8. The summed E-state index contributed by atoms with van der Waals surface area (Å²) in [6.45, 7) is 11.7. The predicted octanol–water partition coefficient (Wildman–Crippen LogP) is 6.34. The van der Waals surface area contributed by atoms with Gasteiger partial charge in [0, 0.05) is 54.4 Å². The number of likely N-dealkylation sites (N-methyl/N-ethyl adjacent to an activating group) is 1. The molecule has 4 heterocycles. The number of anilines is 1. The van der Waals surface area contributed by atoms with Crippen LogP contribution in [0.25, 0.3) is 11.3 Å². The van der Waals surface area contributed by atoms with Crippen molar-refractivity contribution >= 4 is 37.1 Å². The van der Waals surface area contributed by atoms with Gasteiger partial charge in [-0.1, -0.05) is 23.2 Å². The molecule has 0 bridgehead atoms. The summed E-state index contributed by atoms with van der Waals surface area (Å²) in [6, 6.07) is 9.64. The third kappa shape index (κ3) is 8.02. The summed E-state index contributed by atoms with van der Waals surface area (Å²) >= 11 is 12.7. The van der Waals surface area contributed by atoms with Crippen molar-refractivity contribution in [2.45, 2.75) is 19.4 Å². The van der Waals surface area contributed by atoms with Crippen molar-refractivity contribution in [3.63, 3.8) is 0 Å². The Balaban J connectivity index is 1.34. The second-order valence-electron chi connectivity index (χ2n) is 10.9. The lowest BCUT2D eigenvalue weighted by molar-refractivity contribution is 0.186. The number of ether oxygens (including phenoxy) is 1. The average Bonchev–Trinajstić information content (AvgIpc) is 2.90. The van der Waals surface area contributed by atoms with Gasteiger partial charge in [-0.05, 0) is 88.2 Å². The Morgan fingerprint density at radius 1 is 0.897 bits per heavy atom. The highest BCUT2D eigenvalue weighted by Crippen LogP contribution is 2.34. The molecular formula is C29H37Cl2N6OP. The van der Waals surface area contributed by atoms with Gasteiger partial charge in [0.15, 0.2) is 5.75 Å². The SMILES string of the molecule is CN1CCN(c2ncc(Oc3cc(CN4CCC(CP(C)C)CC4)cc(-c4cc(Cl)cc(Cl)c4)n3)cn2)CC1. The van der Waals surface area contributed by atoms with Crippen molar-refractivity contribution in [1.29, 1.82) is 0 Å². The number of piperidine rings is 1. The van der Waals surface area contributed by atoms with Gasteiger partial charge in [0.2, 0.25) is 11.8 Å². The number of nitrogens with zero attached hydrogens (tertiary/aromatic N) is 6. The second-order valence-corrected chi connectivity index (χ2v) is 14.3. The number of piperazine rings is 1. The summed E-state index contributed by atoms with van der Waals surface area (Å²) in [7, 11) is 2.30. The molecule has 2 aromatic heterocycles. The molecule has 2 fully saturated rings. The highest BCUT2D eigenvalue weighted by atomic mass is 35.5. The van der Waals surface area contributed by atoms with E-state index in [-0.39, 0.29) is 7.92 Å². The number of hydrogen-bond donors (Lipinski definition) is 0. The normalized spacial score (nSPS) is 17.6. The molecule has 2 aliphatic heterocycles. The molecule has 0 atom stereocenters. The largest absolute Gasteiger partial charge is 0.436 e. The van der Waals surface area contributed by atoms with E-state index in [1.165, 1.54) is 19.0 Å².